The number of amides is 1. The molecule has 0 aliphatic rings. The van der Waals surface area contributed by atoms with Crippen molar-refractivity contribution in [2.24, 2.45) is 0 Å². The number of aromatic amines is 1. The van der Waals surface area contributed by atoms with E-state index in [0.29, 0.717) is 17.1 Å². The van der Waals surface area contributed by atoms with Gasteiger partial charge in [0.25, 0.3) is 5.91 Å². The van der Waals surface area contributed by atoms with Crippen LogP contribution in [-0.2, 0) is 0 Å². The zero-order chi connectivity index (χ0) is 22.9. The minimum absolute atomic E-state index is 0.0828. The summed E-state index contributed by atoms with van der Waals surface area (Å²) >= 11 is 0. The van der Waals surface area contributed by atoms with Gasteiger partial charge in [-0.2, -0.15) is 0 Å². The van der Waals surface area contributed by atoms with E-state index in [1.54, 1.807) is 44.6 Å². The number of fused-ring (bicyclic) bond motifs is 1. The topological polar surface area (TPSA) is 70.2 Å². The molecule has 9 heteroatoms. The van der Waals surface area contributed by atoms with Gasteiger partial charge in [-0.05, 0) is 42.0 Å². The third-order valence-corrected chi connectivity index (χ3v) is 4.73. The van der Waals surface area contributed by atoms with Crippen molar-refractivity contribution >= 4 is 28.3 Å². The molecular weight excluding hydrogens is 421 g/mol. The average Bonchev–Trinajstić information content (AvgIpc) is 3.18. The van der Waals surface area contributed by atoms with Crippen LogP contribution in [0.5, 0.6) is 5.75 Å². The van der Waals surface area contributed by atoms with E-state index in [4.69, 9.17) is 0 Å². The van der Waals surface area contributed by atoms with Crippen molar-refractivity contribution in [1.82, 2.24) is 14.9 Å². The largest absolute Gasteiger partial charge is 0.573 e. The Morgan fingerprint density at radius 3 is 2.50 bits per heavy atom. The van der Waals surface area contributed by atoms with Crippen LogP contribution in [0.2, 0.25) is 0 Å². The van der Waals surface area contributed by atoms with E-state index in [9.17, 15) is 18.0 Å². The first-order chi connectivity index (χ1) is 15.2. The van der Waals surface area contributed by atoms with Gasteiger partial charge < -0.3 is 19.9 Å². The molecule has 6 nitrogen and oxygen atoms in total. The van der Waals surface area contributed by atoms with Crippen molar-refractivity contribution < 1.29 is 22.7 Å². The van der Waals surface area contributed by atoms with E-state index in [1.165, 1.54) is 23.1 Å². The van der Waals surface area contributed by atoms with Crippen LogP contribution >= 0.6 is 0 Å². The molecule has 32 heavy (non-hydrogen) atoms. The second kappa shape index (κ2) is 8.26. The van der Waals surface area contributed by atoms with E-state index in [0.717, 1.165) is 22.2 Å². The summed E-state index contributed by atoms with van der Waals surface area (Å²) in [6, 6.07) is 16.5. The highest BCUT2D eigenvalue weighted by Crippen LogP contribution is 2.31. The van der Waals surface area contributed by atoms with Gasteiger partial charge in [0.05, 0.1) is 5.52 Å². The Balaban J connectivity index is 1.62. The van der Waals surface area contributed by atoms with E-state index in [-0.39, 0.29) is 11.7 Å². The van der Waals surface area contributed by atoms with Gasteiger partial charge in [-0.1, -0.05) is 18.2 Å². The van der Waals surface area contributed by atoms with Crippen LogP contribution in [0, 0.1) is 0 Å². The number of carbonyl (C=O) groups is 1. The highest BCUT2D eigenvalue weighted by Gasteiger charge is 2.31. The molecule has 0 saturated heterocycles. The summed E-state index contributed by atoms with van der Waals surface area (Å²) in [7, 11) is 3.39. The Bertz CT molecular complexity index is 1260. The summed E-state index contributed by atoms with van der Waals surface area (Å²) in [5, 5.41) is 3.81. The predicted octanol–water partition coefficient (Wildman–Crippen LogP) is 5.57. The van der Waals surface area contributed by atoms with E-state index >= 15 is 0 Å². The molecule has 0 aliphatic heterocycles. The lowest BCUT2D eigenvalue weighted by Crippen LogP contribution is -2.21. The molecule has 0 aliphatic carbocycles. The van der Waals surface area contributed by atoms with Crippen LogP contribution < -0.4 is 10.1 Å². The first-order valence-electron chi connectivity index (χ1n) is 9.62. The fraction of sp³-hybridized carbons (Fsp3) is 0.130. The maximum Gasteiger partial charge on any atom is 0.573 e. The molecular formula is C23H19F3N4O2. The highest BCUT2D eigenvalue weighted by molar-refractivity contribution is 5.96. The van der Waals surface area contributed by atoms with Gasteiger partial charge in [0.2, 0.25) is 0 Å². The zero-order valence-electron chi connectivity index (χ0n) is 17.2. The predicted molar refractivity (Wildman–Crippen MR) is 116 cm³/mol. The van der Waals surface area contributed by atoms with Gasteiger partial charge in [-0.3, -0.25) is 4.79 Å². The van der Waals surface area contributed by atoms with Crippen molar-refractivity contribution in [3.05, 3.63) is 72.4 Å². The molecule has 1 amide bonds. The smallest absolute Gasteiger partial charge is 0.406 e. The monoisotopic (exact) mass is 440 g/mol. The maximum atomic E-state index is 12.5. The summed E-state index contributed by atoms with van der Waals surface area (Å²) in [4.78, 5) is 21.2. The molecule has 4 rings (SSSR count). The summed E-state index contributed by atoms with van der Waals surface area (Å²) < 4.78 is 41.5. The van der Waals surface area contributed by atoms with E-state index < -0.39 is 6.36 Å². The van der Waals surface area contributed by atoms with Crippen LogP contribution in [0.15, 0.2) is 66.9 Å². The Hall–Kier alpha value is -4.01. The first-order valence-corrected chi connectivity index (χ1v) is 9.62. The molecule has 0 unspecified atom stereocenters. The molecule has 0 radical (unpaired) electrons. The van der Waals surface area contributed by atoms with Crippen molar-refractivity contribution in [2.75, 3.05) is 19.4 Å². The van der Waals surface area contributed by atoms with Crippen molar-refractivity contribution in [3.8, 4) is 17.0 Å². The summed E-state index contributed by atoms with van der Waals surface area (Å²) in [5.41, 5.74) is 3.48. The van der Waals surface area contributed by atoms with Gasteiger partial charge in [-0.25, -0.2) is 4.98 Å². The van der Waals surface area contributed by atoms with Crippen LogP contribution in [0.25, 0.3) is 22.2 Å². The molecule has 2 aromatic carbocycles. The number of nitrogens with zero attached hydrogens (tertiary/aromatic N) is 2. The number of alkyl halides is 3. The molecule has 0 saturated carbocycles. The minimum atomic E-state index is -4.76. The summed E-state index contributed by atoms with van der Waals surface area (Å²) in [5.74, 6) is 0.0750. The van der Waals surface area contributed by atoms with Crippen molar-refractivity contribution in [1.29, 1.82) is 0 Å². The number of rotatable bonds is 5. The lowest BCUT2D eigenvalue weighted by molar-refractivity contribution is -0.274. The molecule has 0 atom stereocenters. The van der Waals surface area contributed by atoms with Gasteiger partial charge in [0.15, 0.2) is 0 Å². The molecule has 4 aromatic rings. The van der Waals surface area contributed by atoms with Crippen molar-refractivity contribution in [3.63, 3.8) is 0 Å². The normalized spacial score (nSPS) is 11.4. The van der Waals surface area contributed by atoms with Crippen LogP contribution in [0.4, 0.5) is 24.7 Å². The Morgan fingerprint density at radius 1 is 1.06 bits per heavy atom. The van der Waals surface area contributed by atoms with Gasteiger partial charge >= 0.3 is 6.36 Å². The van der Waals surface area contributed by atoms with Crippen LogP contribution in [-0.4, -0.2) is 41.2 Å². The molecule has 2 heterocycles. The number of anilines is 2. The molecule has 164 valence electrons. The fourth-order valence-electron chi connectivity index (χ4n) is 3.27. The number of H-pyrrole nitrogens is 1. The quantitative estimate of drug-likeness (QED) is 0.425. The number of pyridine rings is 1. The number of aromatic nitrogens is 2. The highest BCUT2D eigenvalue weighted by atomic mass is 19.4. The molecule has 2 aromatic heterocycles. The second-order valence-corrected chi connectivity index (χ2v) is 7.28. The number of ether oxygens (including phenoxy) is 1. The van der Waals surface area contributed by atoms with E-state index in [2.05, 4.69) is 20.0 Å². The summed E-state index contributed by atoms with van der Waals surface area (Å²) in [6.45, 7) is 0. The number of carbonyl (C=O) groups excluding carboxylic acids is 1. The minimum Gasteiger partial charge on any atom is -0.406 e. The Morgan fingerprint density at radius 2 is 1.81 bits per heavy atom. The lowest BCUT2D eigenvalue weighted by atomic mass is 10.1. The average molecular weight is 440 g/mol. The number of nitrogens with one attached hydrogen (secondary N) is 2. The van der Waals surface area contributed by atoms with Gasteiger partial charge in [0.1, 0.15) is 11.6 Å². The lowest BCUT2D eigenvalue weighted by Gasteiger charge is -2.11. The first kappa shape index (κ1) is 21.2. The third-order valence-electron chi connectivity index (χ3n) is 4.73. The van der Waals surface area contributed by atoms with Gasteiger partial charge in [-0.15, -0.1) is 13.2 Å². The summed E-state index contributed by atoms with van der Waals surface area (Å²) in [6.07, 6.45) is -3.17. The zero-order valence-corrected chi connectivity index (χ0v) is 17.2. The Kier molecular flexibility index (Phi) is 5.48. The number of halogens is 3. The van der Waals surface area contributed by atoms with Crippen LogP contribution in [0.3, 0.4) is 0 Å². The second-order valence-electron chi connectivity index (χ2n) is 7.28. The number of benzene rings is 2. The number of hydrogen-bond acceptors (Lipinski definition) is 4. The maximum absolute atomic E-state index is 12.5. The number of hydrogen-bond donors (Lipinski definition) is 2. The van der Waals surface area contributed by atoms with Crippen LogP contribution in [0.1, 0.15) is 10.4 Å². The molecule has 0 bridgehead atoms. The molecule has 0 spiro atoms. The molecule has 0 fully saturated rings. The third kappa shape index (κ3) is 4.66. The Labute approximate surface area is 181 Å². The van der Waals surface area contributed by atoms with E-state index in [1.807, 2.05) is 18.2 Å². The fourth-order valence-corrected chi connectivity index (χ4v) is 3.27. The SMILES string of the molecule is CN(C)C(=O)c1ccc(-c2cc3c(Nc4cccc(OC(F)(F)F)c4)nccc3[nH]2)cc1. The molecule has 2 N–H and O–H groups in total. The van der Waals surface area contributed by atoms with Gasteiger partial charge in [0, 0.05) is 48.7 Å². The standard InChI is InChI=1S/C23H19F3N4O2/c1-30(2)22(31)15-8-6-14(7-9-15)20-13-18-19(29-20)10-11-27-21(18)28-16-4-3-5-17(12-16)32-23(24,25)26/h3-13,29H,1-2H3,(H,27,28). The van der Waals surface area contributed by atoms with Crippen molar-refractivity contribution in [2.45, 2.75) is 6.36 Å².